The zero-order chi connectivity index (χ0) is 18.8. The monoisotopic (exact) mass is 357 g/mol. The lowest BCUT2D eigenvalue weighted by atomic mass is 10.0. The molecule has 1 atom stereocenters. The molecule has 0 aliphatic heterocycles. The Morgan fingerprint density at radius 3 is 2.12 bits per heavy atom. The molecule has 0 saturated heterocycles. The molecule has 7 nitrogen and oxygen atoms in total. The number of carbonyl (C=O) groups excluding carboxylic acids is 2. The maximum absolute atomic E-state index is 12.4. The minimum Gasteiger partial charge on any atom is -0.457 e. The van der Waals surface area contributed by atoms with Gasteiger partial charge in [-0.15, -0.1) is 0 Å². The van der Waals surface area contributed by atoms with Crippen molar-refractivity contribution in [2.45, 2.75) is 31.6 Å². The lowest BCUT2D eigenvalue weighted by Gasteiger charge is -2.26. The standard InChI is InChI=1S/C19H23N3O4/c20-19(26-18(24)22-21,13-7-12-15-8-3-1-4-9-15)17(23)25-14-16-10-5-2-6-11-16/h1-6,8-11H,7,12-14,20-21H2,(H,22,24). The van der Waals surface area contributed by atoms with Gasteiger partial charge in [0.15, 0.2) is 0 Å². The van der Waals surface area contributed by atoms with E-state index in [1.54, 1.807) is 0 Å². The van der Waals surface area contributed by atoms with E-state index in [0.29, 0.717) is 12.8 Å². The largest absolute Gasteiger partial charge is 0.457 e. The van der Waals surface area contributed by atoms with Crippen molar-refractivity contribution in [2.75, 3.05) is 0 Å². The lowest BCUT2D eigenvalue weighted by Crippen LogP contribution is -2.54. The Morgan fingerprint density at radius 1 is 0.962 bits per heavy atom. The van der Waals surface area contributed by atoms with Crippen LogP contribution in [0, 0.1) is 0 Å². The van der Waals surface area contributed by atoms with Crippen LogP contribution in [0.3, 0.4) is 0 Å². The van der Waals surface area contributed by atoms with Crippen molar-refractivity contribution >= 4 is 12.1 Å². The van der Waals surface area contributed by atoms with E-state index in [0.717, 1.165) is 11.1 Å². The molecule has 0 radical (unpaired) electrons. The molecule has 138 valence electrons. The van der Waals surface area contributed by atoms with Crippen LogP contribution in [-0.2, 0) is 27.3 Å². The fourth-order valence-corrected chi connectivity index (χ4v) is 2.43. The SMILES string of the molecule is NNC(=O)OC(N)(CCCc1ccccc1)C(=O)OCc1ccccc1. The first kappa shape index (κ1) is 19.4. The van der Waals surface area contributed by atoms with E-state index in [4.69, 9.17) is 21.1 Å². The molecule has 5 N–H and O–H groups in total. The van der Waals surface area contributed by atoms with Crippen molar-refractivity contribution in [2.24, 2.45) is 11.6 Å². The lowest BCUT2D eigenvalue weighted by molar-refractivity contribution is -0.167. The smallest absolute Gasteiger partial charge is 0.423 e. The van der Waals surface area contributed by atoms with Gasteiger partial charge >= 0.3 is 12.1 Å². The maximum atomic E-state index is 12.4. The highest BCUT2D eigenvalue weighted by Crippen LogP contribution is 2.18. The molecule has 0 aliphatic rings. The third-order valence-electron chi connectivity index (χ3n) is 3.81. The molecule has 0 heterocycles. The van der Waals surface area contributed by atoms with Gasteiger partial charge in [-0.05, 0) is 24.0 Å². The molecule has 1 unspecified atom stereocenters. The fraction of sp³-hybridized carbons (Fsp3) is 0.263. The van der Waals surface area contributed by atoms with E-state index in [2.05, 4.69) is 0 Å². The van der Waals surface area contributed by atoms with Gasteiger partial charge in [0, 0.05) is 6.42 Å². The van der Waals surface area contributed by atoms with Crippen LogP contribution in [-0.4, -0.2) is 17.8 Å². The van der Waals surface area contributed by atoms with Gasteiger partial charge in [-0.3, -0.25) is 11.2 Å². The van der Waals surface area contributed by atoms with E-state index in [1.165, 1.54) is 0 Å². The van der Waals surface area contributed by atoms with Gasteiger partial charge in [-0.2, -0.15) is 0 Å². The first-order valence-corrected chi connectivity index (χ1v) is 8.27. The summed E-state index contributed by atoms with van der Waals surface area (Å²) in [5.74, 6) is 4.21. The van der Waals surface area contributed by atoms with Crippen LogP contribution in [0.15, 0.2) is 60.7 Å². The minimum atomic E-state index is -1.91. The Morgan fingerprint density at radius 2 is 1.54 bits per heavy atom. The molecule has 0 fully saturated rings. The molecule has 7 heteroatoms. The van der Waals surface area contributed by atoms with Crippen LogP contribution >= 0.6 is 0 Å². The molecular weight excluding hydrogens is 334 g/mol. The van der Waals surface area contributed by atoms with E-state index < -0.39 is 17.8 Å². The molecular formula is C19H23N3O4. The molecule has 0 saturated carbocycles. The first-order chi connectivity index (χ1) is 12.5. The number of hydrogen-bond donors (Lipinski definition) is 3. The average Bonchev–Trinajstić information content (AvgIpc) is 2.67. The summed E-state index contributed by atoms with van der Waals surface area (Å²) < 4.78 is 10.2. The molecule has 1 amide bonds. The first-order valence-electron chi connectivity index (χ1n) is 8.27. The number of ether oxygens (including phenoxy) is 2. The van der Waals surface area contributed by atoms with Gasteiger partial charge in [0.25, 0.3) is 5.72 Å². The molecule has 0 aliphatic carbocycles. The molecule has 0 aromatic heterocycles. The van der Waals surface area contributed by atoms with Crippen LogP contribution < -0.4 is 17.0 Å². The van der Waals surface area contributed by atoms with Gasteiger partial charge in [0.2, 0.25) is 0 Å². The number of benzene rings is 2. The average molecular weight is 357 g/mol. The highest BCUT2D eigenvalue weighted by atomic mass is 16.6. The zero-order valence-corrected chi connectivity index (χ0v) is 14.4. The van der Waals surface area contributed by atoms with E-state index in [-0.39, 0.29) is 13.0 Å². The molecule has 2 aromatic rings. The van der Waals surface area contributed by atoms with E-state index in [1.807, 2.05) is 66.1 Å². The van der Waals surface area contributed by atoms with Crippen LogP contribution in [0.5, 0.6) is 0 Å². The van der Waals surface area contributed by atoms with Gasteiger partial charge in [-0.25, -0.2) is 15.4 Å². The molecule has 0 spiro atoms. The number of hydrogen-bond acceptors (Lipinski definition) is 6. The number of esters is 1. The summed E-state index contributed by atoms with van der Waals surface area (Å²) in [5, 5.41) is 0. The Labute approximate surface area is 152 Å². The summed E-state index contributed by atoms with van der Waals surface area (Å²) in [6.45, 7) is 0.0327. The second-order valence-electron chi connectivity index (χ2n) is 5.82. The number of nitrogens with two attached hydrogens (primary N) is 2. The van der Waals surface area contributed by atoms with Crippen molar-refractivity contribution in [3.8, 4) is 0 Å². The highest BCUT2D eigenvalue weighted by molar-refractivity contribution is 5.82. The quantitative estimate of drug-likeness (QED) is 0.219. The summed E-state index contributed by atoms with van der Waals surface area (Å²) in [5.41, 5.74) is 7.83. The molecule has 26 heavy (non-hydrogen) atoms. The summed E-state index contributed by atoms with van der Waals surface area (Å²) in [7, 11) is 0. The number of rotatable bonds is 8. The van der Waals surface area contributed by atoms with Crippen molar-refractivity contribution < 1.29 is 19.1 Å². The second-order valence-corrected chi connectivity index (χ2v) is 5.82. The van der Waals surface area contributed by atoms with Crippen LogP contribution in [0.4, 0.5) is 4.79 Å². The summed E-state index contributed by atoms with van der Waals surface area (Å²) >= 11 is 0. The second kappa shape index (κ2) is 9.55. The van der Waals surface area contributed by atoms with Gasteiger partial charge in [0.1, 0.15) is 6.61 Å². The van der Waals surface area contributed by atoms with Crippen molar-refractivity contribution in [3.05, 3.63) is 71.8 Å². The normalized spacial score (nSPS) is 12.7. The fourth-order valence-electron chi connectivity index (χ4n) is 2.43. The minimum absolute atomic E-state index is 0.0327. The predicted molar refractivity (Wildman–Crippen MR) is 96.3 cm³/mol. The van der Waals surface area contributed by atoms with Crippen molar-refractivity contribution in [3.63, 3.8) is 0 Å². The summed E-state index contributed by atoms with van der Waals surface area (Å²) in [6, 6.07) is 18.9. The third kappa shape index (κ3) is 5.87. The van der Waals surface area contributed by atoms with Crippen molar-refractivity contribution in [1.82, 2.24) is 5.43 Å². The third-order valence-corrected chi connectivity index (χ3v) is 3.81. The van der Waals surface area contributed by atoms with Crippen molar-refractivity contribution in [1.29, 1.82) is 0 Å². The number of carbonyl (C=O) groups is 2. The summed E-state index contributed by atoms with van der Waals surface area (Å²) in [6.07, 6.45) is 0.310. The summed E-state index contributed by atoms with van der Waals surface area (Å²) in [4.78, 5) is 23.9. The predicted octanol–water partition coefficient (Wildman–Crippen LogP) is 2.01. The van der Waals surface area contributed by atoms with Gasteiger partial charge in [-0.1, -0.05) is 60.7 Å². The Kier molecular flexibility index (Phi) is 7.13. The Hall–Kier alpha value is -2.90. The van der Waals surface area contributed by atoms with E-state index >= 15 is 0 Å². The van der Waals surface area contributed by atoms with Gasteiger partial charge < -0.3 is 9.47 Å². The molecule has 2 aromatic carbocycles. The molecule has 0 bridgehead atoms. The number of amides is 1. The van der Waals surface area contributed by atoms with Crippen LogP contribution in [0.25, 0.3) is 0 Å². The molecule has 2 rings (SSSR count). The van der Waals surface area contributed by atoms with Crippen LogP contribution in [0.1, 0.15) is 24.0 Å². The number of nitrogens with one attached hydrogen (secondary N) is 1. The van der Waals surface area contributed by atoms with Gasteiger partial charge in [0.05, 0.1) is 0 Å². The zero-order valence-electron chi connectivity index (χ0n) is 14.4. The maximum Gasteiger partial charge on any atom is 0.423 e. The van der Waals surface area contributed by atoms with Crippen LogP contribution in [0.2, 0.25) is 0 Å². The topological polar surface area (TPSA) is 117 Å². The highest BCUT2D eigenvalue weighted by Gasteiger charge is 2.39. The number of hydrazine groups is 1. The number of aryl methyl sites for hydroxylation is 1. The van der Waals surface area contributed by atoms with E-state index in [9.17, 15) is 9.59 Å². The Balaban J connectivity index is 1.97. The Bertz CT molecular complexity index is 709.